The molecule has 1 atom stereocenters. The van der Waals surface area contributed by atoms with E-state index in [1.807, 2.05) is 6.07 Å². The van der Waals surface area contributed by atoms with Gasteiger partial charge in [0.1, 0.15) is 5.76 Å². The highest BCUT2D eigenvalue weighted by molar-refractivity contribution is 6.30. The molecule has 0 aliphatic heterocycles. The van der Waals surface area contributed by atoms with E-state index in [1.165, 1.54) is 0 Å². The van der Waals surface area contributed by atoms with Gasteiger partial charge in [-0.05, 0) is 43.2 Å². The molecule has 1 heterocycles. The summed E-state index contributed by atoms with van der Waals surface area (Å²) in [5.74, 6) is 0.801. The first-order chi connectivity index (χ1) is 11.1. The zero-order chi connectivity index (χ0) is 16.2. The minimum Gasteiger partial charge on any atom is -0.469 e. The number of ketones is 1. The number of Topliss-reactive ketones (excluding diaryl/α,β-unsaturated/α-hetero) is 1. The van der Waals surface area contributed by atoms with Crippen molar-refractivity contribution in [3.8, 4) is 0 Å². The number of hydrogen-bond donors (Lipinski definition) is 1. The summed E-state index contributed by atoms with van der Waals surface area (Å²) in [6.07, 6.45) is 4.87. The Kier molecular flexibility index (Phi) is 4.82. The lowest BCUT2D eigenvalue weighted by Crippen LogP contribution is -2.30. The fourth-order valence-electron chi connectivity index (χ4n) is 2.91. The molecule has 1 aromatic carbocycles. The molecule has 0 spiro atoms. The topological polar surface area (TPSA) is 59.3 Å². The van der Waals surface area contributed by atoms with E-state index in [4.69, 9.17) is 16.0 Å². The predicted molar refractivity (Wildman–Crippen MR) is 87.5 cm³/mol. The summed E-state index contributed by atoms with van der Waals surface area (Å²) in [5.41, 5.74) is 1.64. The molecule has 1 aliphatic carbocycles. The second kappa shape index (κ2) is 7.01. The van der Waals surface area contributed by atoms with Crippen LogP contribution >= 0.6 is 11.6 Å². The van der Waals surface area contributed by atoms with E-state index >= 15 is 0 Å². The Balaban J connectivity index is 1.52. The van der Waals surface area contributed by atoms with Gasteiger partial charge in [-0.25, -0.2) is 0 Å². The normalized spacial score (nSPS) is 16.7. The number of nitrogens with one attached hydrogen (secondary N) is 1. The standard InChI is InChI=1S/C18H18ClNO3/c19-13-6-4-12(5-7-13)16(21)8-9-18(22)20-15-2-1-3-17-14(15)10-11-23-17/h4-7,10-11,15H,1-3,8-9H2,(H,20,22). The number of carbonyl (C=O) groups excluding carboxylic acids is 2. The Morgan fingerprint density at radius 1 is 1.17 bits per heavy atom. The number of carbonyl (C=O) groups is 2. The highest BCUT2D eigenvalue weighted by atomic mass is 35.5. The molecular formula is C18H18ClNO3. The van der Waals surface area contributed by atoms with E-state index in [2.05, 4.69) is 5.32 Å². The van der Waals surface area contributed by atoms with E-state index in [0.29, 0.717) is 10.6 Å². The summed E-state index contributed by atoms with van der Waals surface area (Å²) >= 11 is 5.80. The Labute approximate surface area is 139 Å². The lowest BCUT2D eigenvalue weighted by molar-refractivity contribution is -0.121. The van der Waals surface area contributed by atoms with Gasteiger partial charge in [0, 0.05) is 35.4 Å². The van der Waals surface area contributed by atoms with Crippen LogP contribution in [0.1, 0.15) is 53.4 Å². The first kappa shape index (κ1) is 15.8. The molecule has 0 saturated heterocycles. The van der Waals surface area contributed by atoms with E-state index in [0.717, 1.165) is 30.6 Å². The molecule has 4 nitrogen and oxygen atoms in total. The first-order valence-electron chi connectivity index (χ1n) is 7.78. The third-order valence-corrected chi connectivity index (χ3v) is 4.38. The summed E-state index contributed by atoms with van der Waals surface area (Å²) in [7, 11) is 0. The smallest absolute Gasteiger partial charge is 0.220 e. The summed E-state index contributed by atoms with van der Waals surface area (Å²) < 4.78 is 5.42. The van der Waals surface area contributed by atoms with E-state index < -0.39 is 0 Å². The van der Waals surface area contributed by atoms with Crippen molar-refractivity contribution in [1.82, 2.24) is 5.32 Å². The van der Waals surface area contributed by atoms with Crippen LogP contribution in [0.5, 0.6) is 0 Å². The Morgan fingerprint density at radius 3 is 2.74 bits per heavy atom. The van der Waals surface area contributed by atoms with E-state index in [9.17, 15) is 9.59 Å². The Bertz CT molecular complexity index is 705. The molecule has 1 N–H and O–H groups in total. The lowest BCUT2D eigenvalue weighted by atomic mass is 9.93. The molecule has 0 bridgehead atoms. The van der Waals surface area contributed by atoms with Gasteiger partial charge in [-0.15, -0.1) is 0 Å². The van der Waals surface area contributed by atoms with E-state index in [-0.39, 0.29) is 30.6 Å². The molecule has 0 fully saturated rings. The van der Waals surface area contributed by atoms with Crippen LogP contribution in [0, 0.1) is 0 Å². The molecule has 0 saturated carbocycles. The molecule has 1 unspecified atom stereocenters. The maximum absolute atomic E-state index is 12.1. The highest BCUT2D eigenvalue weighted by Gasteiger charge is 2.24. The van der Waals surface area contributed by atoms with Crippen molar-refractivity contribution in [1.29, 1.82) is 0 Å². The molecule has 1 aromatic heterocycles. The van der Waals surface area contributed by atoms with Crippen LogP contribution in [0.2, 0.25) is 5.02 Å². The van der Waals surface area contributed by atoms with Crippen LogP contribution in [0.15, 0.2) is 41.0 Å². The number of rotatable bonds is 5. The SMILES string of the molecule is O=C(CCC(=O)c1ccc(Cl)cc1)NC1CCCc2occc21. The molecule has 1 amide bonds. The minimum atomic E-state index is -0.105. The molecule has 1 aliphatic rings. The first-order valence-corrected chi connectivity index (χ1v) is 8.15. The van der Waals surface area contributed by atoms with Gasteiger partial charge in [0.15, 0.2) is 5.78 Å². The molecular weight excluding hydrogens is 314 g/mol. The van der Waals surface area contributed by atoms with Crippen molar-refractivity contribution in [3.05, 3.63) is 58.5 Å². The zero-order valence-corrected chi connectivity index (χ0v) is 13.4. The van der Waals surface area contributed by atoms with E-state index in [1.54, 1.807) is 30.5 Å². The highest BCUT2D eigenvalue weighted by Crippen LogP contribution is 2.30. The summed E-state index contributed by atoms with van der Waals surface area (Å²) in [6, 6.07) is 8.63. The minimum absolute atomic E-state index is 0.00404. The van der Waals surface area contributed by atoms with Crippen LogP contribution in [-0.2, 0) is 11.2 Å². The number of halogens is 1. The zero-order valence-electron chi connectivity index (χ0n) is 12.7. The average Bonchev–Trinajstić information content (AvgIpc) is 3.03. The number of aryl methyl sites for hydroxylation is 1. The van der Waals surface area contributed by atoms with Gasteiger partial charge in [-0.2, -0.15) is 0 Å². The van der Waals surface area contributed by atoms with Crippen molar-refractivity contribution in [2.24, 2.45) is 0 Å². The van der Waals surface area contributed by atoms with Crippen LogP contribution < -0.4 is 5.32 Å². The molecule has 23 heavy (non-hydrogen) atoms. The second-order valence-corrected chi connectivity index (χ2v) is 6.18. The van der Waals surface area contributed by atoms with Crippen molar-refractivity contribution in [2.45, 2.75) is 38.1 Å². The molecule has 2 aromatic rings. The molecule has 3 rings (SSSR count). The second-order valence-electron chi connectivity index (χ2n) is 5.74. The number of benzene rings is 1. The Morgan fingerprint density at radius 2 is 1.96 bits per heavy atom. The van der Waals surface area contributed by atoms with Crippen LogP contribution in [0.3, 0.4) is 0 Å². The van der Waals surface area contributed by atoms with Gasteiger partial charge in [-0.3, -0.25) is 9.59 Å². The van der Waals surface area contributed by atoms with Crippen LogP contribution in [0.25, 0.3) is 0 Å². The monoisotopic (exact) mass is 331 g/mol. The summed E-state index contributed by atoms with van der Waals surface area (Å²) in [5, 5.41) is 3.60. The number of hydrogen-bond acceptors (Lipinski definition) is 3. The third kappa shape index (κ3) is 3.82. The third-order valence-electron chi connectivity index (χ3n) is 4.13. The molecule has 120 valence electrons. The number of furan rings is 1. The number of amides is 1. The number of fused-ring (bicyclic) bond motifs is 1. The van der Waals surface area contributed by atoms with Gasteiger partial charge in [0.25, 0.3) is 0 Å². The largest absolute Gasteiger partial charge is 0.469 e. The van der Waals surface area contributed by atoms with Crippen LogP contribution in [0.4, 0.5) is 0 Å². The molecule has 0 radical (unpaired) electrons. The fraction of sp³-hybridized carbons (Fsp3) is 0.333. The van der Waals surface area contributed by atoms with Crippen molar-refractivity contribution in [2.75, 3.05) is 0 Å². The molecule has 5 heteroatoms. The summed E-state index contributed by atoms with van der Waals surface area (Å²) in [6.45, 7) is 0. The Hall–Kier alpha value is -2.07. The van der Waals surface area contributed by atoms with Gasteiger partial charge < -0.3 is 9.73 Å². The van der Waals surface area contributed by atoms with Gasteiger partial charge in [0.05, 0.1) is 12.3 Å². The summed E-state index contributed by atoms with van der Waals surface area (Å²) in [4.78, 5) is 24.2. The van der Waals surface area contributed by atoms with Crippen LogP contribution in [-0.4, -0.2) is 11.7 Å². The lowest BCUT2D eigenvalue weighted by Gasteiger charge is -2.22. The van der Waals surface area contributed by atoms with Gasteiger partial charge in [-0.1, -0.05) is 11.6 Å². The average molecular weight is 332 g/mol. The quantitative estimate of drug-likeness (QED) is 0.839. The maximum atomic E-state index is 12.1. The predicted octanol–water partition coefficient (Wildman–Crippen LogP) is 4.09. The fourth-order valence-corrected chi connectivity index (χ4v) is 3.04. The van der Waals surface area contributed by atoms with Crippen molar-refractivity contribution in [3.63, 3.8) is 0 Å². The maximum Gasteiger partial charge on any atom is 0.220 e. The van der Waals surface area contributed by atoms with Crippen molar-refractivity contribution < 1.29 is 14.0 Å². The van der Waals surface area contributed by atoms with Gasteiger partial charge >= 0.3 is 0 Å². The van der Waals surface area contributed by atoms with Gasteiger partial charge in [0.2, 0.25) is 5.91 Å². The van der Waals surface area contributed by atoms with Crippen molar-refractivity contribution >= 4 is 23.3 Å².